The van der Waals surface area contributed by atoms with Crippen molar-refractivity contribution in [1.82, 2.24) is 14.1 Å². The minimum Gasteiger partial charge on any atom is -0.329 e. The molecule has 24 heavy (non-hydrogen) atoms. The number of carbonyl (C=O) groups is 1. The summed E-state index contributed by atoms with van der Waals surface area (Å²) < 4.78 is 3.91. The van der Waals surface area contributed by atoms with E-state index in [1.807, 2.05) is 28.4 Å². The maximum atomic E-state index is 13.0. The highest BCUT2D eigenvalue weighted by molar-refractivity contribution is 7.99. The van der Waals surface area contributed by atoms with Crippen molar-refractivity contribution in [3.05, 3.63) is 47.9 Å². The first-order valence-corrected chi connectivity index (χ1v) is 9.38. The van der Waals surface area contributed by atoms with Crippen molar-refractivity contribution in [3.8, 4) is 0 Å². The molecule has 1 aliphatic rings. The van der Waals surface area contributed by atoms with Gasteiger partial charge in [0, 0.05) is 30.5 Å². The topological polar surface area (TPSA) is 39.8 Å². The number of para-hydroxylation sites is 1. The first-order chi connectivity index (χ1) is 11.6. The van der Waals surface area contributed by atoms with E-state index < -0.39 is 0 Å². The molecule has 5 heteroatoms. The number of hydrogen-bond donors (Lipinski definition) is 0. The van der Waals surface area contributed by atoms with Crippen LogP contribution in [-0.4, -0.2) is 25.8 Å². The normalized spacial score (nSPS) is 17.2. The third-order valence-corrected chi connectivity index (χ3v) is 5.91. The second-order valence-corrected chi connectivity index (χ2v) is 7.57. The molecule has 0 unspecified atom stereocenters. The zero-order valence-corrected chi connectivity index (χ0v) is 14.8. The first kappa shape index (κ1) is 15.5. The zero-order chi connectivity index (χ0) is 16.7. The van der Waals surface area contributed by atoms with Crippen LogP contribution in [0.25, 0.3) is 10.9 Å². The van der Waals surface area contributed by atoms with E-state index >= 15 is 0 Å². The van der Waals surface area contributed by atoms with E-state index in [0.717, 1.165) is 29.9 Å². The summed E-state index contributed by atoms with van der Waals surface area (Å²) in [6.45, 7) is 2.30. The van der Waals surface area contributed by atoms with Gasteiger partial charge in [0.15, 0.2) is 5.16 Å². The van der Waals surface area contributed by atoms with Crippen LogP contribution in [0.3, 0.4) is 0 Å². The van der Waals surface area contributed by atoms with Crippen molar-refractivity contribution in [2.24, 2.45) is 13.0 Å². The minimum atomic E-state index is 0.148. The number of hydrogen-bond acceptors (Lipinski definition) is 3. The average molecular weight is 339 g/mol. The number of thioether (sulfide) groups is 1. The van der Waals surface area contributed by atoms with Gasteiger partial charge in [0.2, 0.25) is 5.91 Å². The number of fused-ring (bicyclic) bond motifs is 3. The first-order valence-electron chi connectivity index (χ1n) is 8.39. The Morgan fingerprint density at radius 3 is 3.00 bits per heavy atom. The third kappa shape index (κ3) is 2.57. The highest BCUT2D eigenvalue weighted by atomic mass is 32.2. The van der Waals surface area contributed by atoms with Crippen molar-refractivity contribution in [2.45, 2.75) is 31.3 Å². The lowest BCUT2D eigenvalue weighted by Crippen LogP contribution is -2.20. The molecule has 0 radical (unpaired) electrons. The van der Waals surface area contributed by atoms with Gasteiger partial charge in [0.05, 0.1) is 11.3 Å². The molecule has 0 saturated heterocycles. The van der Waals surface area contributed by atoms with E-state index in [1.54, 1.807) is 6.20 Å². The van der Waals surface area contributed by atoms with E-state index in [2.05, 4.69) is 30.1 Å². The molecule has 4 rings (SSSR count). The number of nitrogens with zero attached hydrogens (tertiary/aromatic N) is 3. The summed E-state index contributed by atoms with van der Waals surface area (Å²) in [5.74, 6) is 1.25. The Morgan fingerprint density at radius 2 is 2.21 bits per heavy atom. The fourth-order valence-electron chi connectivity index (χ4n) is 3.65. The van der Waals surface area contributed by atoms with Gasteiger partial charge in [-0.15, -0.1) is 0 Å². The number of aryl methyl sites for hydroxylation is 1. The molecule has 124 valence electrons. The molecule has 0 spiro atoms. The van der Waals surface area contributed by atoms with E-state index in [0.29, 0.717) is 11.7 Å². The van der Waals surface area contributed by atoms with E-state index in [4.69, 9.17) is 0 Å². The Labute approximate surface area is 145 Å². The quantitative estimate of drug-likeness (QED) is 0.679. The second-order valence-electron chi connectivity index (χ2n) is 6.63. The second kappa shape index (κ2) is 6.13. The molecule has 0 aliphatic heterocycles. The summed E-state index contributed by atoms with van der Waals surface area (Å²) in [5.41, 5.74) is 3.65. The summed E-state index contributed by atoms with van der Waals surface area (Å²) in [7, 11) is 1.95. The van der Waals surface area contributed by atoms with Gasteiger partial charge in [-0.3, -0.25) is 9.36 Å². The van der Waals surface area contributed by atoms with Crippen LogP contribution in [0.2, 0.25) is 0 Å². The predicted molar refractivity (Wildman–Crippen MR) is 97.7 cm³/mol. The number of carbonyl (C=O) groups excluding carboxylic acids is 1. The monoisotopic (exact) mass is 339 g/mol. The van der Waals surface area contributed by atoms with Gasteiger partial charge in [0.25, 0.3) is 0 Å². The molecule has 0 bridgehead atoms. The Morgan fingerprint density at radius 1 is 1.38 bits per heavy atom. The van der Waals surface area contributed by atoms with Gasteiger partial charge in [0.1, 0.15) is 0 Å². The van der Waals surface area contributed by atoms with Crippen molar-refractivity contribution in [2.75, 3.05) is 5.75 Å². The molecule has 0 N–H and O–H groups in total. The van der Waals surface area contributed by atoms with E-state index in [9.17, 15) is 4.79 Å². The molecular weight excluding hydrogens is 318 g/mol. The zero-order valence-electron chi connectivity index (χ0n) is 14.0. The van der Waals surface area contributed by atoms with Gasteiger partial charge in [-0.25, -0.2) is 4.98 Å². The molecule has 0 amide bonds. The number of imidazole rings is 1. The SMILES string of the molecule is C[C@@H]1CCc2c(c3ccccc3n2C(=O)CSc2nccn2C)C1. The molecule has 0 fully saturated rings. The van der Waals surface area contributed by atoms with Gasteiger partial charge < -0.3 is 4.57 Å². The lowest BCUT2D eigenvalue weighted by Gasteiger charge is -2.20. The van der Waals surface area contributed by atoms with Crippen LogP contribution >= 0.6 is 11.8 Å². The van der Waals surface area contributed by atoms with Crippen LogP contribution < -0.4 is 0 Å². The van der Waals surface area contributed by atoms with E-state index in [-0.39, 0.29) is 5.91 Å². The molecule has 2 heterocycles. The third-order valence-electron chi connectivity index (χ3n) is 4.87. The lowest BCUT2D eigenvalue weighted by atomic mass is 9.88. The number of rotatable bonds is 3. The fraction of sp³-hybridized carbons (Fsp3) is 0.368. The highest BCUT2D eigenvalue weighted by Gasteiger charge is 2.25. The highest BCUT2D eigenvalue weighted by Crippen LogP contribution is 2.34. The molecule has 3 aromatic rings. The van der Waals surface area contributed by atoms with Crippen LogP contribution in [0.15, 0.2) is 41.8 Å². The molecule has 0 saturated carbocycles. The predicted octanol–water partition coefficient (Wildman–Crippen LogP) is 3.93. The van der Waals surface area contributed by atoms with Gasteiger partial charge in [-0.05, 0) is 36.8 Å². The van der Waals surface area contributed by atoms with Gasteiger partial charge in [-0.2, -0.15) is 0 Å². The van der Waals surface area contributed by atoms with Gasteiger partial charge in [-0.1, -0.05) is 36.9 Å². The van der Waals surface area contributed by atoms with Crippen LogP contribution in [-0.2, 0) is 19.9 Å². The van der Waals surface area contributed by atoms with Gasteiger partial charge >= 0.3 is 0 Å². The lowest BCUT2D eigenvalue weighted by molar-refractivity contribution is 0.0943. The smallest absolute Gasteiger partial charge is 0.241 e. The molecule has 1 aromatic carbocycles. The van der Waals surface area contributed by atoms with Crippen molar-refractivity contribution >= 4 is 28.6 Å². The Hall–Kier alpha value is -2.01. The van der Waals surface area contributed by atoms with Crippen LogP contribution in [0.5, 0.6) is 0 Å². The standard InChI is InChI=1S/C19H21N3OS/c1-13-7-8-17-15(11-13)14-5-3-4-6-16(14)22(17)18(23)12-24-19-20-9-10-21(19)2/h3-6,9-10,13H,7-8,11-12H2,1-2H3/t13-/m1/s1. The summed E-state index contributed by atoms with van der Waals surface area (Å²) in [4.78, 5) is 17.3. The fourth-order valence-corrected chi connectivity index (χ4v) is 4.43. The van der Waals surface area contributed by atoms with Crippen LogP contribution in [0, 0.1) is 5.92 Å². The maximum absolute atomic E-state index is 13.0. The molecule has 2 aromatic heterocycles. The maximum Gasteiger partial charge on any atom is 0.241 e. The molecule has 4 nitrogen and oxygen atoms in total. The summed E-state index contributed by atoms with van der Waals surface area (Å²) >= 11 is 1.50. The summed E-state index contributed by atoms with van der Waals surface area (Å²) in [6, 6.07) is 8.32. The minimum absolute atomic E-state index is 0.148. The molecule has 1 aliphatic carbocycles. The average Bonchev–Trinajstić information content (AvgIpc) is 3.13. The molecule has 1 atom stereocenters. The Kier molecular flexibility index (Phi) is 3.96. The van der Waals surface area contributed by atoms with Crippen molar-refractivity contribution < 1.29 is 4.79 Å². The number of aromatic nitrogens is 3. The number of benzene rings is 1. The van der Waals surface area contributed by atoms with E-state index in [1.165, 1.54) is 28.4 Å². The summed E-state index contributed by atoms with van der Waals surface area (Å²) in [6.07, 6.45) is 6.89. The van der Waals surface area contributed by atoms with Crippen LogP contribution in [0.1, 0.15) is 29.4 Å². The van der Waals surface area contributed by atoms with Crippen molar-refractivity contribution in [3.63, 3.8) is 0 Å². The largest absolute Gasteiger partial charge is 0.329 e. The Bertz CT molecular complexity index is 909. The summed E-state index contributed by atoms with van der Waals surface area (Å²) in [5, 5.41) is 2.12. The Balaban J connectivity index is 1.71. The van der Waals surface area contributed by atoms with Crippen LogP contribution in [0.4, 0.5) is 0 Å². The van der Waals surface area contributed by atoms with Crippen molar-refractivity contribution in [1.29, 1.82) is 0 Å². The molecular formula is C19H21N3OS.